The lowest BCUT2D eigenvalue weighted by Gasteiger charge is -2.25. The first-order valence-electron chi connectivity index (χ1n) is 7.51. The summed E-state index contributed by atoms with van der Waals surface area (Å²) in [7, 11) is 0. The van der Waals surface area contributed by atoms with Gasteiger partial charge in [0.25, 0.3) is 0 Å². The molecule has 4 rings (SSSR count). The number of amides is 1. The normalized spacial score (nSPS) is 17.7. The molecular weight excluding hydrogens is 361 g/mol. The molecule has 2 nitrogen and oxygen atoms in total. The summed E-state index contributed by atoms with van der Waals surface area (Å²) in [5, 5.41) is 3.22. The number of thioether (sulfide) groups is 1. The van der Waals surface area contributed by atoms with Crippen molar-refractivity contribution in [2.45, 2.75) is 5.37 Å². The maximum absolute atomic E-state index is 12.5. The van der Waals surface area contributed by atoms with E-state index in [1.165, 1.54) is 0 Å². The smallest absolute Gasteiger partial charge is 0.238 e. The minimum atomic E-state index is -0.0894. The van der Waals surface area contributed by atoms with Gasteiger partial charge >= 0.3 is 0 Å². The molecule has 0 aliphatic carbocycles. The highest BCUT2D eigenvalue weighted by Gasteiger charge is 2.34. The molecule has 120 valence electrons. The van der Waals surface area contributed by atoms with E-state index in [2.05, 4.69) is 18.2 Å². The fourth-order valence-corrected chi connectivity index (χ4v) is 4.42. The van der Waals surface area contributed by atoms with E-state index in [9.17, 15) is 4.79 Å². The molecule has 1 fully saturated rings. The number of halogens is 2. The van der Waals surface area contributed by atoms with Crippen LogP contribution in [0.5, 0.6) is 0 Å². The van der Waals surface area contributed by atoms with Gasteiger partial charge in [-0.05, 0) is 40.6 Å². The van der Waals surface area contributed by atoms with Crippen LogP contribution in [-0.2, 0) is 4.79 Å². The molecular formula is C19H13Cl2NOS. The van der Waals surface area contributed by atoms with Crippen LogP contribution in [0.1, 0.15) is 10.9 Å². The van der Waals surface area contributed by atoms with Crippen LogP contribution >= 0.6 is 35.0 Å². The van der Waals surface area contributed by atoms with Crippen LogP contribution in [0.3, 0.4) is 0 Å². The van der Waals surface area contributed by atoms with E-state index < -0.39 is 0 Å². The molecule has 0 saturated carbocycles. The lowest BCUT2D eigenvalue weighted by molar-refractivity contribution is -0.115. The fourth-order valence-electron chi connectivity index (χ4n) is 2.94. The Morgan fingerprint density at radius 3 is 2.50 bits per heavy atom. The summed E-state index contributed by atoms with van der Waals surface area (Å²) >= 11 is 13.8. The third-order valence-corrected chi connectivity index (χ3v) is 6.06. The lowest BCUT2D eigenvalue weighted by atomic mass is 10.1. The van der Waals surface area contributed by atoms with Crippen LogP contribution < -0.4 is 4.90 Å². The van der Waals surface area contributed by atoms with Crippen molar-refractivity contribution in [2.24, 2.45) is 0 Å². The molecule has 3 aromatic carbocycles. The van der Waals surface area contributed by atoms with Crippen molar-refractivity contribution in [2.75, 3.05) is 10.7 Å². The van der Waals surface area contributed by atoms with E-state index >= 15 is 0 Å². The summed E-state index contributed by atoms with van der Waals surface area (Å²) in [5.41, 5.74) is 1.88. The van der Waals surface area contributed by atoms with Crippen LogP contribution in [0.4, 0.5) is 5.69 Å². The number of hydrogen-bond donors (Lipinski definition) is 0. The monoisotopic (exact) mass is 373 g/mol. The van der Waals surface area contributed by atoms with Crippen molar-refractivity contribution >= 4 is 57.3 Å². The Balaban J connectivity index is 1.77. The predicted octanol–water partition coefficient (Wildman–Crippen LogP) is 5.93. The number of benzene rings is 3. The number of fused-ring (bicyclic) bond motifs is 1. The maximum Gasteiger partial charge on any atom is 0.238 e. The van der Waals surface area contributed by atoms with E-state index in [1.807, 2.05) is 41.3 Å². The molecule has 1 amide bonds. The molecule has 5 heteroatoms. The number of nitrogens with zero attached hydrogens (tertiary/aromatic N) is 1. The number of hydrogen-bond acceptors (Lipinski definition) is 2. The van der Waals surface area contributed by atoms with Gasteiger partial charge in [-0.3, -0.25) is 9.69 Å². The second-order valence-electron chi connectivity index (χ2n) is 5.63. The quantitative estimate of drug-likeness (QED) is 0.555. The van der Waals surface area contributed by atoms with Crippen LogP contribution in [0.15, 0.2) is 60.7 Å². The Kier molecular flexibility index (Phi) is 4.17. The Morgan fingerprint density at radius 1 is 0.917 bits per heavy atom. The van der Waals surface area contributed by atoms with Crippen molar-refractivity contribution in [3.05, 3.63) is 76.3 Å². The third kappa shape index (κ3) is 2.77. The molecule has 24 heavy (non-hydrogen) atoms. The summed E-state index contributed by atoms with van der Waals surface area (Å²) in [6.45, 7) is 0. The Labute approximate surface area is 154 Å². The van der Waals surface area contributed by atoms with Crippen molar-refractivity contribution in [1.82, 2.24) is 0 Å². The van der Waals surface area contributed by atoms with Gasteiger partial charge in [0.2, 0.25) is 5.91 Å². The van der Waals surface area contributed by atoms with Gasteiger partial charge in [0, 0.05) is 5.69 Å². The number of carbonyl (C=O) groups excluding carboxylic acids is 1. The number of anilines is 1. The maximum atomic E-state index is 12.5. The number of rotatable bonds is 2. The van der Waals surface area contributed by atoms with Crippen LogP contribution in [0.25, 0.3) is 10.8 Å². The molecule has 0 spiro atoms. The fraction of sp³-hybridized carbons (Fsp3) is 0.105. The van der Waals surface area contributed by atoms with Crippen molar-refractivity contribution in [3.8, 4) is 0 Å². The topological polar surface area (TPSA) is 20.3 Å². The first-order chi connectivity index (χ1) is 11.6. The largest absolute Gasteiger partial charge is 0.295 e. The van der Waals surface area contributed by atoms with E-state index in [0.29, 0.717) is 15.8 Å². The Hall–Kier alpha value is -1.68. The molecule has 1 heterocycles. The van der Waals surface area contributed by atoms with Gasteiger partial charge in [-0.1, -0.05) is 59.6 Å². The standard InChI is InChI=1S/C19H13Cl2NOS/c20-16-8-6-14(10-17(16)21)19-22(18(23)11-24-19)15-7-5-12-3-1-2-4-13(12)9-15/h1-10,19H,11H2. The van der Waals surface area contributed by atoms with Crippen molar-refractivity contribution in [3.63, 3.8) is 0 Å². The van der Waals surface area contributed by atoms with Crippen LogP contribution in [0, 0.1) is 0 Å². The highest BCUT2D eigenvalue weighted by Crippen LogP contribution is 2.43. The summed E-state index contributed by atoms with van der Waals surface area (Å²) in [4.78, 5) is 14.3. The minimum Gasteiger partial charge on any atom is -0.295 e. The van der Waals surface area contributed by atoms with Gasteiger partial charge in [0.15, 0.2) is 0 Å². The Morgan fingerprint density at radius 2 is 1.71 bits per heavy atom. The highest BCUT2D eigenvalue weighted by molar-refractivity contribution is 8.00. The first-order valence-corrected chi connectivity index (χ1v) is 9.31. The molecule has 0 bridgehead atoms. The summed E-state index contributed by atoms with van der Waals surface area (Å²) in [6, 6.07) is 19.8. The molecule has 3 aromatic rings. The second kappa shape index (κ2) is 6.32. The van der Waals surface area contributed by atoms with E-state index in [0.717, 1.165) is 22.0 Å². The van der Waals surface area contributed by atoms with Crippen LogP contribution in [0.2, 0.25) is 10.0 Å². The van der Waals surface area contributed by atoms with E-state index in [1.54, 1.807) is 17.8 Å². The molecule has 0 aromatic heterocycles. The zero-order valence-electron chi connectivity index (χ0n) is 12.6. The summed E-state index contributed by atoms with van der Waals surface area (Å²) < 4.78 is 0. The van der Waals surface area contributed by atoms with Gasteiger partial charge in [-0.2, -0.15) is 0 Å². The van der Waals surface area contributed by atoms with Gasteiger partial charge < -0.3 is 0 Å². The van der Waals surface area contributed by atoms with E-state index in [4.69, 9.17) is 23.2 Å². The number of carbonyl (C=O) groups is 1. The van der Waals surface area contributed by atoms with Gasteiger partial charge in [0.05, 0.1) is 15.8 Å². The van der Waals surface area contributed by atoms with Gasteiger partial charge in [0.1, 0.15) is 5.37 Å². The molecule has 1 atom stereocenters. The Bertz CT molecular complexity index is 944. The molecule has 0 radical (unpaired) electrons. The lowest BCUT2D eigenvalue weighted by Crippen LogP contribution is -2.27. The highest BCUT2D eigenvalue weighted by atomic mass is 35.5. The minimum absolute atomic E-state index is 0.0894. The third-order valence-electron chi connectivity index (χ3n) is 4.11. The first kappa shape index (κ1) is 15.8. The molecule has 1 aliphatic rings. The molecule has 0 N–H and O–H groups in total. The zero-order valence-corrected chi connectivity index (χ0v) is 14.9. The summed E-state index contributed by atoms with van der Waals surface area (Å²) in [5.74, 6) is 0.559. The van der Waals surface area contributed by atoms with Gasteiger partial charge in [-0.15, -0.1) is 11.8 Å². The molecule has 1 saturated heterocycles. The SMILES string of the molecule is O=C1CSC(c2ccc(Cl)c(Cl)c2)N1c1ccc2ccccc2c1. The molecule has 1 aliphatic heterocycles. The van der Waals surface area contributed by atoms with Crippen LogP contribution in [-0.4, -0.2) is 11.7 Å². The van der Waals surface area contributed by atoms with E-state index in [-0.39, 0.29) is 11.3 Å². The zero-order chi connectivity index (χ0) is 16.7. The van der Waals surface area contributed by atoms with Gasteiger partial charge in [-0.25, -0.2) is 0 Å². The van der Waals surface area contributed by atoms with Crippen molar-refractivity contribution in [1.29, 1.82) is 0 Å². The molecule has 1 unspecified atom stereocenters. The summed E-state index contributed by atoms with van der Waals surface area (Å²) in [6.07, 6.45) is 0. The average Bonchev–Trinajstić information content (AvgIpc) is 2.98. The average molecular weight is 374 g/mol. The predicted molar refractivity (Wildman–Crippen MR) is 103 cm³/mol. The second-order valence-corrected chi connectivity index (χ2v) is 7.52. The van der Waals surface area contributed by atoms with Crippen molar-refractivity contribution < 1.29 is 4.79 Å².